The molecule has 0 amide bonds. The van der Waals surface area contributed by atoms with Crippen LogP contribution < -0.4 is 4.90 Å². The number of anilines is 1. The molecule has 4 rings (SSSR count). The van der Waals surface area contributed by atoms with E-state index in [1.165, 1.54) is 0 Å². The van der Waals surface area contributed by atoms with Crippen molar-refractivity contribution in [2.75, 3.05) is 84.1 Å². The van der Waals surface area contributed by atoms with Crippen LogP contribution in [-0.4, -0.2) is 113 Å². The molecule has 0 aliphatic heterocycles. The first-order valence-corrected chi connectivity index (χ1v) is 21.2. The van der Waals surface area contributed by atoms with Crippen LogP contribution in [0.1, 0.15) is 72.9 Å². The van der Waals surface area contributed by atoms with Gasteiger partial charge in [0.2, 0.25) is 0 Å². The van der Waals surface area contributed by atoms with Crippen LogP contribution in [0.5, 0.6) is 0 Å². The van der Waals surface area contributed by atoms with Crippen LogP contribution in [0.2, 0.25) is 0 Å². The number of aliphatic carboxylic acids is 2. The molecule has 1 aromatic carbocycles. The third-order valence-corrected chi connectivity index (χ3v) is 11.7. The Kier molecular flexibility index (Phi) is 20.3. The lowest BCUT2D eigenvalue weighted by Gasteiger charge is -2.27. The number of benzene rings is 1. The van der Waals surface area contributed by atoms with Crippen LogP contribution in [0.25, 0.3) is 0 Å². The zero-order valence-corrected chi connectivity index (χ0v) is 35.1. The van der Waals surface area contributed by atoms with Gasteiger partial charge in [0.15, 0.2) is 5.00 Å². The maximum absolute atomic E-state index is 12.6. The fourth-order valence-corrected chi connectivity index (χ4v) is 8.13. The molecule has 2 saturated carbocycles. The van der Waals surface area contributed by atoms with Gasteiger partial charge in [0, 0.05) is 18.8 Å². The lowest BCUT2D eigenvalue weighted by molar-refractivity contribution is -0.160. The van der Waals surface area contributed by atoms with Gasteiger partial charge in [-0.2, -0.15) is 10.5 Å². The minimum Gasteiger partial charge on any atom is -0.481 e. The van der Waals surface area contributed by atoms with Crippen LogP contribution in [0.3, 0.4) is 0 Å². The zero-order chi connectivity index (χ0) is 43.3. The van der Waals surface area contributed by atoms with E-state index in [4.69, 9.17) is 28.4 Å². The number of carbonyl (C=O) groups excluding carboxylic acids is 2. The van der Waals surface area contributed by atoms with Crippen molar-refractivity contribution < 1.29 is 57.8 Å². The molecule has 2 aliphatic rings. The Hall–Kier alpha value is -4.98. The monoisotopic (exact) mass is 853 g/mol. The summed E-state index contributed by atoms with van der Waals surface area (Å²) in [5.41, 5.74) is 3.21. The molecule has 0 bridgehead atoms. The van der Waals surface area contributed by atoms with E-state index in [1.807, 2.05) is 25.1 Å². The highest BCUT2D eigenvalue weighted by atomic mass is 32.1. The molecule has 326 valence electrons. The molecule has 1 heterocycles. The number of ether oxygens (including phenoxy) is 6. The molecule has 2 aromatic rings. The Morgan fingerprint density at radius 2 is 1.15 bits per heavy atom. The van der Waals surface area contributed by atoms with Crippen LogP contribution in [0.4, 0.5) is 16.4 Å². The van der Waals surface area contributed by atoms with E-state index in [0.29, 0.717) is 98.5 Å². The van der Waals surface area contributed by atoms with Crippen molar-refractivity contribution in [1.29, 1.82) is 10.5 Å². The Labute approximate surface area is 354 Å². The number of thiophene rings is 1. The first-order chi connectivity index (χ1) is 29.0. The van der Waals surface area contributed by atoms with Crippen molar-refractivity contribution in [3.63, 3.8) is 0 Å². The third kappa shape index (κ3) is 14.6. The predicted molar refractivity (Wildman–Crippen MR) is 217 cm³/mol. The number of carboxylic acids is 2. The number of aryl methyl sites for hydroxylation is 1. The second kappa shape index (κ2) is 25.6. The number of esters is 2. The van der Waals surface area contributed by atoms with Gasteiger partial charge in [-0.1, -0.05) is 25.7 Å². The summed E-state index contributed by atoms with van der Waals surface area (Å²) in [4.78, 5) is 50.5. The van der Waals surface area contributed by atoms with Gasteiger partial charge >= 0.3 is 23.9 Å². The predicted octanol–water partition coefficient (Wildman–Crippen LogP) is 6.26. The molecule has 1 aromatic heterocycles. The average Bonchev–Trinajstić information content (AvgIpc) is 3.57. The number of nitriles is 2. The van der Waals surface area contributed by atoms with Gasteiger partial charge in [0.1, 0.15) is 30.2 Å². The van der Waals surface area contributed by atoms with E-state index in [-0.39, 0.29) is 33.0 Å². The molecule has 17 nitrogen and oxygen atoms in total. The second-order valence-electron chi connectivity index (χ2n) is 14.6. The maximum atomic E-state index is 12.6. The van der Waals surface area contributed by atoms with Crippen LogP contribution in [0, 0.1) is 60.2 Å². The summed E-state index contributed by atoms with van der Waals surface area (Å²) in [6.07, 6.45) is 5.18. The first-order valence-electron chi connectivity index (χ1n) is 20.4. The van der Waals surface area contributed by atoms with Crippen LogP contribution in [0.15, 0.2) is 28.4 Å². The van der Waals surface area contributed by atoms with Gasteiger partial charge in [-0.05, 0) is 68.9 Å². The number of carboxylic acid groups (broad SMARTS) is 2. The number of hydrogen-bond acceptors (Lipinski definition) is 16. The minimum absolute atomic E-state index is 0.0185. The molecule has 2 aliphatic carbocycles. The smallest absolute Gasteiger partial charge is 0.309 e. The molecule has 2 fully saturated rings. The van der Waals surface area contributed by atoms with E-state index in [9.17, 15) is 39.9 Å². The lowest BCUT2D eigenvalue weighted by atomic mass is 9.79. The summed E-state index contributed by atoms with van der Waals surface area (Å²) in [7, 11) is 0. The molecule has 0 saturated heterocycles. The molecule has 0 spiro atoms. The quantitative estimate of drug-likeness (QED) is 0.0636. The fourth-order valence-electron chi connectivity index (χ4n) is 7.25. The normalized spacial score (nSPS) is 19.0. The molecule has 60 heavy (non-hydrogen) atoms. The average molecular weight is 854 g/mol. The van der Waals surface area contributed by atoms with Gasteiger partial charge in [0.05, 0.1) is 87.8 Å². The maximum Gasteiger partial charge on any atom is 0.309 e. The van der Waals surface area contributed by atoms with Crippen molar-refractivity contribution in [3.8, 4) is 12.1 Å². The topological polar surface area (TPSA) is 240 Å². The van der Waals surface area contributed by atoms with Gasteiger partial charge in [-0.3, -0.25) is 19.2 Å². The number of rotatable bonds is 25. The summed E-state index contributed by atoms with van der Waals surface area (Å²) in [5, 5.41) is 46.8. The second-order valence-corrected chi connectivity index (χ2v) is 15.6. The molecule has 2 N–H and O–H groups in total. The van der Waals surface area contributed by atoms with Gasteiger partial charge in [-0.25, -0.2) is 0 Å². The van der Waals surface area contributed by atoms with Crippen molar-refractivity contribution in [2.24, 2.45) is 33.9 Å². The first kappa shape index (κ1) is 47.7. The van der Waals surface area contributed by atoms with Gasteiger partial charge in [0.25, 0.3) is 0 Å². The fraction of sp³-hybridized carbons (Fsp3) is 0.619. The summed E-state index contributed by atoms with van der Waals surface area (Å²) in [6, 6.07) is 9.86. The van der Waals surface area contributed by atoms with E-state index < -0.39 is 47.5 Å². The third-order valence-electron chi connectivity index (χ3n) is 10.6. The Bertz CT molecular complexity index is 1860. The number of carbonyl (C=O) groups is 4. The summed E-state index contributed by atoms with van der Waals surface area (Å²) < 4.78 is 33.4. The van der Waals surface area contributed by atoms with E-state index in [1.54, 1.807) is 6.92 Å². The van der Waals surface area contributed by atoms with Crippen molar-refractivity contribution in [3.05, 3.63) is 39.8 Å². The minimum atomic E-state index is -0.968. The number of nitrogens with zero attached hydrogens (tertiary/aromatic N) is 5. The largest absolute Gasteiger partial charge is 0.481 e. The standard InChI is InChI=1S/C42H55N5O12S/c1-28-25-30(11-12-36(28)45-46-38-35(26-43)29(2)37(27-44)60-38)47(14-16-55-21-23-58-41(52)33-9-5-3-7-31(33)39(48)49)13-15-54-17-18-56-19-20-57-22-24-59-42(53)34-10-6-4-8-32(34)40(50)51/h11-12,25,31-34H,3-10,13-24H2,1-2H3,(H,48,49)(H,50,51)/b46-45+. The molecule has 18 heteroatoms. The highest BCUT2D eigenvalue weighted by molar-refractivity contribution is 7.16. The molecular weight excluding hydrogens is 799 g/mol. The Balaban J connectivity index is 1.20. The summed E-state index contributed by atoms with van der Waals surface area (Å²) in [5.74, 6) is -5.56. The van der Waals surface area contributed by atoms with Crippen LogP contribution in [-0.2, 0) is 47.6 Å². The lowest BCUT2D eigenvalue weighted by Crippen LogP contribution is -2.34. The number of hydrogen-bond donors (Lipinski definition) is 2. The summed E-state index contributed by atoms with van der Waals surface area (Å²) in [6.45, 7) is 6.92. The van der Waals surface area contributed by atoms with Crippen molar-refractivity contribution in [2.45, 2.75) is 65.2 Å². The SMILES string of the molecule is Cc1cc(N(CCOCCOCCOCCOC(=O)C2CCCCC2C(=O)O)CCOCCOC(=O)C2CCCCC2C(=O)O)ccc1/N=N/c1sc(C#N)c(C)c1C#N. The Morgan fingerprint density at radius 3 is 1.60 bits per heavy atom. The van der Waals surface area contributed by atoms with Gasteiger partial charge < -0.3 is 43.5 Å². The zero-order valence-electron chi connectivity index (χ0n) is 34.3. The van der Waals surface area contributed by atoms with Crippen molar-refractivity contribution >= 4 is 51.6 Å². The highest BCUT2D eigenvalue weighted by Gasteiger charge is 2.37. The highest BCUT2D eigenvalue weighted by Crippen LogP contribution is 2.36. The molecule has 0 radical (unpaired) electrons. The van der Waals surface area contributed by atoms with Gasteiger partial charge in [-0.15, -0.1) is 21.6 Å². The van der Waals surface area contributed by atoms with Crippen LogP contribution >= 0.6 is 11.3 Å². The number of azo groups is 1. The van der Waals surface area contributed by atoms with E-state index in [0.717, 1.165) is 48.3 Å². The van der Waals surface area contributed by atoms with E-state index in [2.05, 4.69) is 27.3 Å². The molecular formula is C42H55N5O12S. The van der Waals surface area contributed by atoms with E-state index >= 15 is 0 Å². The summed E-state index contributed by atoms with van der Waals surface area (Å²) >= 11 is 1.12. The Morgan fingerprint density at radius 1 is 0.683 bits per heavy atom. The van der Waals surface area contributed by atoms with Crippen molar-refractivity contribution in [1.82, 2.24) is 0 Å². The molecule has 4 atom stereocenters. The molecule has 4 unspecified atom stereocenters.